The lowest BCUT2D eigenvalue weighted by Crippen LogP contribution is -2.24. The van der Waals surface area contributed by atoms with Gasteiger partial charge in [0.25, 0.3) is 0 Å². The smallest absolute Gasteiger partial charge is 0.158 e. The molecule has 0 aromatic rings. The van der Waals surface area contributed by atoms with Crippen molar-refractivity contribution in [2.45, 2.75) is 94.9 Å². The molecule has 0 N–H and O–H groups in total. The number of hydrogen-bond donors (Lipinski definition) is 0. The van der Waals surface area contributed by atoms with Gasteiger partial charge in [-0.2, -0.15) is 0 Å². The molecular formula is C40H52OS. The second-order valence-electron chi connectivity index (χ2n) is 13.1. The summed E-state index contributed by atoms with van der Waals surface area (Å²) in [6.07, 6.45) is 33.4. The standard InChI is InChI=1S/C40H52OS/c1-29(17-13-19-31(3)21-23-35-33(5)37(41)25-27-39(35,7)8)15-11-12-16-30(2)18-14-20-32(4)22-24-36-34(6)38(42)26-28-40(36,9)10/h11-24H,25-28H2,1-10H3/b12-11+,17-13+,18-14+,23-21+,24-22+,29-15+,30-16+,31-19+,32-20+. The first kappa shape index (κ1) is 35.1. The van der Waals surface area contributed by atoms with Crippen LogP contribution in [-0.2, 0) is 4.79 Å². The summed E-state index contributed by atoms with van der Waals surface area (Å²) in [5.74, 6) is 0.276. The lowest BCUT2D eigenvalue weighted by Gasteiger charge is -2.33. The lowest BCUT2D eigenvalue weighted by atomic mass is 9.72. The fourth-order valence-electron chi connectivity index (χ4n) is 5.28. The Labute approximate surface area is 262 Å². The first-order valence-corrected chi connectivity index (χ1v) is 15.6. The first-order valence-electron chi connectivity index (χ1n) is 15.2. The summed E-state index contributed by atoms with van der Waals surface area (Å²) >= 11 is 5.56. The van der Waals surface area contributed by atoms with Crippen molar-refractivity contribution < 1.29 is 4.79 Å². The minimum atomic E-state index is 0.0462. The summed E-state index contributed by atoms with van der Waals surface area (Å²) in [6.45, 7) is 21.6. The van der Waals surface area contributed by atoms with Crippen LogP contribution in [0.3, 0.4) is 0 Å². The average Bonchev–Trinajstić information content (AvgIpc) is 2.91. The average molecular weight is 581 g/mol. The number of carbonyl (C=O) groups is 1. The van der Waals surface area contributed by atoms with Crippen molar-refractivity contribution in [1.82, 2.24) is 0 Å². The Balaban J connectivity index is 1.93. The minimum absolute atomic E-state index is 0.0462. The second kappa shape index (κ2) is 15.9. The van der Waals surface area contributed by atoms with E-state index in [1.807, 2.05) is 6.92 Å². The molecule has 2 aliphatic carbocycles. The summed E-state index contributed by atoms with van der Waals surface area (Å²) < 4.78 is 0. The summed E-state index contributed by atoms with van der Waals surface area (Å²) in [5.41, 5.74) is 9.67. The zero-order valence-corrected chi connectivity index (χ0v) is 28.5. The van der Waals surface area contributed by atoms with Crippen molar-refractivity contribution in [3.05, 3.63) is 130 Å². The van der Waals surface area contributed by atoms with Crippen LogP contribution in [0.2, 0.25) is 0 Å². The molecule has 0 aliphatic heterocycles. The molecule has 0 heterocycles. The Morgan fingerprint density at radius 1 is 0.595 bits per heavy atom. The maximum absolute atomic E-state index is 12.2. The normalized spacial score (nSPS) is 21.6. The molecule has 0 saturated heterocycles. The van der Waals surface area contributed by atoms with E-state index < -0.39 is 0 Å². The number of carbonyl (C=O) groups excluding carboxylic acids is 1. The van der Waals surface area contributed by atoms with Gasteiger partial charge < -0.3 is 0 Å². The Morgan fingerprint density at radius 3 is 1.45 bits per heavy atom. The summed E-state index contributed by atoms with van der Waals surface area (Å²) in [6, 6.07) is 0. The van der Waals surface area contributed by atoms with Gasteiger partial charge in [0.05, 0.1) is 0 Å². The molecule has 0 atom stereocenters. The van der Waals surface area contributed by atoms with Crippen LogP contribution in [-0.4, -0.2) is 10.6 Å². The lowest BCUT2D eigenvalue weighted by molar-refractivity contribution is -0.116. The SMILES string of the molecule is CC1=C(/C=C/C(C)=C/C=C/C(C)=C/C=C/C=C(C)/C=C/C=C(C)/C=C/C2=C(C)C(=S)CCC2(C)C)C(C)(C)CCC1=O. The van der Waals surface area contributed by atoms with E-state index in [1.54, 1.807) is 0 Å². The third-order valence-corrected chi connectivity index (χ3v) is 8.86. The number of hydrogen-bond acceptors (Lipinski definition) is 2. The van der Waals surface area contributed by atoms with E-state index in [1.165, 1.54) is 27.9 Å². The van der Waals surface area contributed by atoms with E-state index in [4.69, 9.17) is 12.2 Å². The molecule has 42 heavy (non-hydrogen) atoms. The fourth-order valence-corrected chi connectivity index (χ4v) is 5.49. The number of ketones is 1. The molecule has 0 unspecified atom stereocenters. The second-order valence-corrected chi connectivity index (χ2v) is 13.6. The highest BCUT2D eigenvalue weighted by molar-refractivity contribution is 7.80. The van der Waals surface area contributed by atoms with Crippen LogP contribution in [0.25, 0.3) is 0 Å². The quantitative estimate of drug-likeness (QED) is 0.189. The van der Waals surface area contributed by atoms with Crippen molar-refractivity contribution in [1.29, 1.82) is 0 Å². The summed E-state index contributed by atoms with van der Waals surface area (Å²) in [5, 5.41) is 0. The molecule has 224 valence electrons. The van der Waals surface area contributed by atoms with Gasteiger partial charge in [-0.1, -0.05) is 147 Å². The number of allylic oxidation sites excluding steroid dienone is 22. The van der Waals surface area contributed by atoms with Crippen LogP contribution in [0.15, 0.2) is 130 Å². The maximum Gasteiger partial charge on any atom is 0.158 e. The van der Waals surface area contributed by atoms with E-state index in [2.05, 4.69) is 147 Å². The Morgan fingerprint density at radius 2 is 0.976 bits per heavy atom. The van der Waals surface area contributed by atoms with Gasteiger partial charge in [0.2, 0.25) is 0 Å². The molecular weight excluding hydrogens is 529 g/mol. The van der Waals surface area contributed by atoms with Crippen LogP contribution < -0.4 is 0 Å². The van der Waals surface area contributed by atoms with Gasteiger partial charge in [-0.05, 0) is 93.9 Å². The molecule has 2 rings (SSSR count). The first-order chi connectivity index (χ1) is 19.6. The van der Waals surface area contributed by atoms with Crippen LogP contribution >= 0.6 is 12.2 Å². The minimum Gasteiger partial charge on any atom is -0.295 e. The molecule has 0 fully saturated rings. The van der Waals surface area contributed by atoms with Crippen molar-refractivity contribution in [2.75, 3.05) is 0 Å². The van der Waals surface area contributed by atoms with Gasteiger partial charge in [0.1, 0.15) is 0 Å². The predicted molar refractivity (Wildman–Crippen MR) is 190 cm³/mol. The molecule has 1 nitrogen and oxygen atoms in total. The zero-order chi connectivity index (χ0) is 31.5. The number of Topliss-reactive ketones (excluding diaryl/α,β-unsaturated/α-hetero) is 1. The summed E-state index contributed by atoms with van der Waals surface area (Å²) in [7, 11) is 0. The fraction of sp³-hybridized carbons (Fsp3) is 0.400. The van der Waals surface area contributed by atoms with E-state index in [0.29, 0.717) is 6.42 Å². The third-order valence-electron chi connectivity index (χ3n) is 8.35. The van der Waals surface area contributed by atoms with Crippen LogP contribution in [0.4, 0.5) is 0 Å². The molecule has 0 radical (unpaired) electrons. The van der Waals surface area contributed by atoms with Crippen molar-refractivity contribution in [3.63, 3.8) is 0 Å². The summed E-state index contributed by atoms with van der Waals surface area (Å²) in [4.78, 5) is 13.3. The molecule has 0 aromatic heterocycles. The van der Waals surface area contributed by atoms with Crippen molar-refractivity contribution >= 4 is 22.9 Å². The third kappa shape index (κ3) is 11.0. The maximum atomic E-state index is 12.2. The van der Waals surface area contributed by atoms with Gasteiger partial charge in [-0.15, -0.1) is 0 Å². The molecule has 0 bridgehead atoms. The zero-order valence-electron chi connectivity index (χ0n) is 27.7. The van der Waals surface area contributed by atoms with Gasteiger partial charge >= 0.3 is 0 Å². The molecule has 2 aliphatic rings. The van der Waals surface area contributed by atoms with Crippen molar-refractivity contribution in [2.24, 2.45) is 10.8 Å². The molecule has 2 heteroatoms. The van der Waals surface area contributed by atoms with Gasteiger partial charge in [-0.25, -0.2) is 0 Å². The van der Waals surface area contributed by atoms with E-state index in [-0.39, 0.29) is 16.6 Å². The number of thiocarbonyl (C=S) groups is 1. The van der Waals surface area contributed by atoms with E-state index in [0.717, 1.165) is 40.8 Å². The molecule has 0 aromatic carbocycles. The molecule has 0 spiro atoms. The van der Waals surface area contributed by atoms with Gasteiger partial charge in [-0.3, -0.25) is 4.79 Å². The highest BCUT2D eigenvalue weighted by Crippen LogP contribution is 2.40. The Hall–Kier alpha value is -3.10. The van der Waals surface area contributed by atoms with Crippen molar-refractivity contribution in [3.8, 4) is 0 Å². The largest absolute Gasteiger partial charge is 0.295 e. The van der Waals surface area contributed by atoms with Crippen LogP contribution in [0.5, 0.6) is 0 Å². The van der Waals surface area contributed by atoms with Gasteiger partial charge in [0.15, 0.2) is 5.78 Å². The van der Waals surface area contributed by atoms with E-state index >= 15 is 0 Å². The topological polar surface area (TPSA) is 17.1 Å². The highest BCUT2D eigenvalue weighted by atomic mass is 32.1. The van der Waals surface area contributed by atoms with E-state index in [9.17, 15) is 4.79 Å². The van der Waals surface area contributed by atoms with Gasteiger partial charge in [0, 0.05) is 11.3 Å². The Bertz CT molecular complexity index is 1270. The Kier molecular flexibility index (Phi) is 13.3. The van der Waals surface area contributed by atoms with Crippen LogP contribution in [0, 0.1) is 10.8 Å². The number of rotatable bonds is 10. The molecule has 0 saturated carbocycles. The molecule has 0 amide bonds. The highest BCUT2D eigenvalue weighted by Gasteiger charge is 2.31. The predicted octanol–water partition coefficient (Wildman–Crippen LogP) is 11.8. The van der Waals surface area contributed by atoms with Crippen LogP contribution in [0.1, 0.15) is 94.9 Å². The monoisotopic (exact) mass is 580 g/mol.